The standard InChI is InChI=1S/C14H19ClO4S/c1-2-11-9-12(6-7-14(11)15)19-20(16,17)10-13-5-3-4-8-18-13/h6-7,9,13H,2-5,8,10H2,1H3. The van der Waals surface area contributed by atoms with Crippen molar-refractivity contribution in [1.29, 1.82) is 0 Å². The summed E-state index contributed by atoms with van der Waals surface area (Å²) < 4.78 is 34.6. The minimum Gasteiger partial charge on any atom is -0.382 e. The van der Waals surface area contributed by atoms with E-state index in [0.29, 0.717) is 17.4 Å². The Hall–Kier alpha value is -0.780. The van der Waals surface area contributed by atoms with Gasteiger partial charge in [0, 0.05) is 11.6 Å². The Morgan fingerprint density at radius 2 is 2.20 bits per heavy atom. The van der Waals surface area contributed by atoms with Crippen molar-refractivity contribution in [3.8, 4) is 5.75 Å². The van der Waals surface area contributed by atoms with E-state index in [1.807, 2.05) is 6.92 Å². The highest BCUT2D eigenvalue weighted by molar-refractivity contribution is 7.87. The molecule has 1 heterocycles. The summed E-state index contributed by atoms with van der Waals surface area (Å²) in [5.41, 5.74) is 0.869. The van der Waals surface area contributed by atoms with E-state index in [2.05, 4.69) is 0 Å². The Kier molecular flexibility index (Phi) is 5.29. The lowest BCUT2D eigenvalue weighted by Gasteiger charge is -2.22. The summed E-state index contributed by atoms with van der Waals surface area (Å²) in [5.74, 6) is 0.207. The third-order valence-electron chi connectivity index (χ3n) is 3.29. The van der Waals surface area contributed by atoms with Crippen molar-refractivity contribution in [2.24, 2.45) is 0 Å². The van der Waals surface area contributed by atoms with Crippen LogP contribution in [-0.2, 0) is 21.3 Å². The Morgan fingerprint density at radius 1 is 1.40 bits per heavy atom. The zero-order valence-corrected chi connectivity index (χ0v) is 13.0. The second-order valence-electron chi connectivity index (χ2n) is 4.90. The molecule has 0 saturated carbocycles. The zero-order chi connectivity index (χ0) is 14.6. The highest BCUT2D eigenvalue weighted by Gasteiger charge is 2.23. The number of halogens is 1. The molecule has 0 aliphatic carbocycles. The van der Waals surface area contributed by atoms with E-state index in [-0.39, 0.29) is 11.9 Å². The van der Waals surface area contributed by atoms with Crippen molar-refractivity contribution < 1.29 is 17.3 Å². The number of aryl methyl sites for hydroxylation is 1. The lowest BCUT2D eigenvalue weighted by molar-refractivity contribution is 0.0298. The van der Waals surface area contributed by atoms with Gasteiger partial charge in [-0.3, -0.25) is 0 Å². The second-order valence-corrected chi connectivity index (χ2v) is 6.93. The van der Waals surface area contributed by atoms with Crippen molar-refractivity contribution in [1.82, 2.24) is 0 Å². The maximum Gasteiger partial charge on any atom is 0.311 e. The maximum absolute atomic E-state index is 12.0. The summed E-state index contributed by atoms with van der Waals surface area (Å²) >= 11 is 6.00. The van der Waals surface area contributed by atoms with E-state index in [1.54, 1.807) is 18.2 Å². The van der Waals surface area contributed by atoms with Crippen LogP contribution in [0.3, 0.4) is 0 Å². The van der Waals surface area contributed by atoms with E-state index in [0.717, 1.165) is 31.2 Å². The lowest BCUT2D eigenvalue weighted by atomic mass is 10.1. The normalized spacial score (nSPS) is 19.8. The van der Waals surface area contributed by atoms with Gasteiger partial charge in [-0.05, 0) is 49.4 Å². The molecular formula is C14H19ClO4S. The number of rotatable bonds is 5. The molecule has 0 N–H and O–H groups in total. The topological polar surface area (TPSA) is 52.6 Å². The molecule has 4 nitrogen and oxygen atoms in total. The minimum absolute atomic E-state index is 0.100. The van der Waals surface area contributed by atoms with Gasteiger partial charge in [-0.1, -0.05) is 18.5 Å². The monoisotopic (exact) mass is 318 g/mol. The van der Waals surface area contributed by atoms with Crippen LogP contribution in [0.25, 0.3) is 0 Å². The number of ether oxygens (including phenoxy) is 1. The first kappa shape index (κ1) is 15.6. The largest absolute Gasteiger partial charge is 0.382 e. The summed E-state index contributed by atoms with van der Waals surface area (Å²) in [7, 11) is -3.64. The molecule has 0 spiro atoms. The highest BCUT2D eigenvalue weighted by atomic mass is 35.5. The predicted octanol–water partition coefficient (Wildman–Crippen LogP) is 3.18. The number of hydrogen-bond acceptors (Lipinski definition) is 4. The van der Waals surface area contributed by atoms with E-state index < -0.39 is 10.1 Å². The van der Waals surface area contributed by atoms with Gasteiger partial charge >= 0.3 is 10.1 Å². The molecule has 1 atom stereocenters. The molecule has 1 aromatic carbocycles. The smallest absolute Gasteiger partial charge is 0.311 e. The number of benzene rings is 1. The fourth-order valence-corrected chi connectivity index (χ4v) is 3.66. The average Bonchev–Trinajstić information content (AvgIpc) is 2.41. The third-order valence-corrected chi connectivity index (χ3v) is 4.88. The molecule has 112 valence electrons. The fourth-order valence-electron chi connectivity index (χ4n) is 2.22. The molecule has 0 radical (unpaired) electrons. The molecule has 0 aromatic heterocycles. The maximum atomic E-state index is 12.0. The van der Waals surface area contributed by atoms with Crippen LogP contribution in [0, 0.1) is 0 Å². The summed E-state index contributed by atoms with van der Waals surface area (Å²) in [5, 5.41) is 0.618. The molecule has 2 rings (SSSR count). The van der Waals surface area contributed by atoms with E-state index in [9.17, 15) is 8.42 Å². The Bertz CT molecular complexity index is 550. The molecule has 1 aromatic rings. The van der Waals surface area contributed by atoms with Crippen LogP contribution in [-0.4, -0.2) is 26.9 Å². The molecule has 1 fully saturated rings. The average molecular weight is 319 g/mol. The predicted molar refractivity (Wildman–Crippen MR) is 78.8 cm³/mol. The van der Waals surface area contributed by atoms with Gasteiger partial charge in [-0.15, -0.1) is 0 Å². The summed E-state index contributed by atoms with van der Waals surface area (Å²) in [4.78, 5) is 0. The Morgan fingerprint density at radius 3 is 2.85 bits per heavy atom. The van der Waals surface area contributed by atoms with E-state index in [1.165, 1.54) is 0 Å². The quantitative estimate of drug-likeness (QED) is 0.782. The van der Waals surface area contributed by atoms with Gasteiger partial charge in [-0.25, -0.2) is 0 Å². The van der Waals surface area contributed by atoms with E-state index >= 15 is 0 Å². The van der Waals surface area contributed by atoms with Crippen molar-refractivity contribution in [3.63, 3.8) is 0 Å². The highest BCUT2D eigenvalue weighted by Crippen LogP contribution is 2.24. The van der Waals surface area contributed by atoms with Gasteiger partial charge in [0.15, 0.2) is 0 Å². The Labute approximate surface area is 125 Å². The van der Waals surface area contributed by atoms with Gasteiger partial charge in [-0.2, -0.15) is 8.42 Å². The summed E-state index contributed by atoms with van der Waals surface area (Å²) in [6.45, 7) is 2.58. The van der Waals surface area contributed by atoms with E-state index in [4.69, 9.17) is 20.5 Å². The minimum atomic E-state index is -3.64. The van der Waals surface area contributed by atoms with Crippen molar-refractivity contribution in [3.05, 3.63) is 28.8 Å². The van der Waals surface area contributed by atoms with Crippen LogP contribution in [0.15, 0.2) is 18.2 Å². The van der Waals surface area contributed by atoms with Gasteiger partial charge < -0.3 is 8.92 Å². The SMILES string of the molecule is CCc1cc(OS(=O)(=O)CC2CCCCO2)ccc1Cl. The molecule has 6 heteroatoms. The molecule has 1 saturated heterocycles. The summed E-state index contributed by atoms with van der Waals surface area (Å²) in [6, 6.07) is 4.89. The second kappa shape index (κ2) is 6.78. The molecular weight excluding hydrogens is 300 g/mol. The van der Waals surface area contributed by atoms with Crippen molar-refractivity contribution in [2.45, 2.75) is 38.7 Å². The van der Waals surface area contributed by atoms with Gasteiger partial charge in [0.25, 0.3) is 0 Å². The first-order valence-corrected chi connectivity index (χ1v) is 8.78. The van der Waals surface area contributed by atoms with Crippen LogP contribution in [0.5, 0.6) is 5.75 Å². The molecule has 20 heavy (non-hydrogen) atoms. The molecule has 1 aliphatic rings. The Balaban J connectivity index is 2.03. The molecule has 1 unspecified atom stereocenters. The molecule has 0 bridgehead atoms. The van der Waals surface area contributed by atoms with Crippen molar-refractivity contribution in [2.75, 3.05) is 12.4 Å². The summed E-state index contributed by atoms with van der Waals surface area (Å²) in [6.07, 6.45) is 3.23. The van der Waals surface area contributed by atoms with Crippen LogP contribution in [0.1, 0.15) is 31.7 Å². The first-order chi connectivity index (χ1) is 9.50. The number of hydrogen-bond donors (Lipinski definition) is 0. The first-order valence-electron chi connectivity index (χ1n) is 6.82. The van der Waals surface area contributed by atoms with Crippen LogP contribution in [0.2, 0.25) is 5.02 Å². The lowest BCUT2D eigenvalue weighted by Crippen LogP contribution is -2.29. The van der Waals surface area contributed by atoms with Gasteiger partial charge in [0.05, 0.1) is 6.10 Å². The fraction of sp³-hybridized carbons (Fsp3) is 0.571. The van der Waals surface area contributed by atoms with Gasteiger partial charge in [0.1, 0.15) is 11.5 Å². The zero-order valence-electron chi connectivity index (χ0n) is 11.5. The van der Waals surface area contributed by atoms with Crippen LogP contribution < -0.4 is 4.18 Å². The van der Waals surface area contributed by atoms with Gasteiger partial charge in [0.2, 0.25) is 0 Å². The van der Waals surface area contributed by atoms with Crippen LogP contribution >= 0.6 is 11.6 Å². The third kappa shape index (κ3) is 4.36. The van der Waals surface area contributed by atoms with Crippen LogP contribution in [0.4, 0.5) is 0 Å². The van der Waals surface area contributed by atoms with Crippen molar-refractivity contribution >= 4 is 21.7 Å². The molecule has 0 amide bonds. The molecule has 1 aliphatic heterocycles.